The predicted molar refractivity (Wildman–Crippen MR) is 146 cm³/mol. The summed E-state index contributed by atoms with van der Waals surface area (Å²) in [4.78, 5) is 36.3. The van der Waals surface area contributed by atoms with Gasteiger partial charge in [0.1, 0.15) is 15.8 Å². The van der Waals surface area contributed by atoms with Crippen LogP contribution in [0, 0.1) is 11.8 Å². The molecule has 0 bridgehead atoms. The largest absolute Gasteiger partial charge is 0.355 e. The van der Waals surface area contributed by atoms with Crippen LogP contribution < -0.4 is 10.5 Å². The maximum Gasteiger partial charge on any atom is 0.267 e. The van der Waals surface area contributed by atoms with E-state index in [1.54, 1.807) is 21.6 Å². The Hall–Kier alpha value is -2.97. The van der Waals surface area contributed by atoms with Crippen molar-refractivity contribution >= 4 is 51.7 Å². The lowest BCUT2D eigenvalue weighted by Crippen LogP contribution is -2.40. The molecule has 2 fully saturated rings. The summed E-state index contributed by atoms with van der Waals surface area (Å²) in [7, 11) is 0. The van der Waals surface area contributed by atoms with Gasteiger partial charge in [-0.1, -0.05) is 74.2 Å². The highest BCUT2D eigenvalue weighted by Crippen LogP contribution is 2.38. The van der Waals surface area contributed by atoms with Gasteiger partial charge in [0, 0.05) is 19.3 Å². The Labute approximate surface area is 214 Å². The number of anilines is 1. The van der Waals surface area contributed by atoms with Crippen LogP contribution in [-0.2, 0) is 4.79 Å². The SMILES string of the molecule is C[C@@H]1C[C@H](C)CN(c2nc3ccccn3c(=O)c2/C=C2/SC(=S)N([C@H](C)c3ccccc3)C2=O)C1. The summed E-state index contributed by atoms with van der Waals surface area (Å²) in [6.07, 6.45) is 4.56. The van der Waals surface area contributed by atoms with Crippen molar-refractivity contribution in [3.8, 4) is 0 Å². The van der Waals surface area contributed by atoms with Gasteiger partial charge in [0.2, 0.25) is 0 Å². The molecule has 3 atom stereocenters. The average Bonchev–Trinajstić information content (AvgIpc) is 3.12. The molecule has 2 saturated heterocycles. The lowest BCUT2D eigenvalue weighted by atomic mass is 9.91. The zero-order valence-corrected chi connectivity index (χ0v) is 21.7. The van der Waals surface area contributed by atoms with Gasteiger partial charge in [0.25, 0.3) is 11.5 Å². The molecule has 0 radical (unpaired) electrons. The predicted octanol–water partition coefficient (Wildman–Crippen LogP) is 5.14. The molecule has 2 aromatic heterocycles. The highest BCUT2D eigenvalue weighted by atomic mass is 32.2. The number of thiocarbonyl (C=S) groups is 1. The number of piperidine rings is 1. The number of hydrogen-bond acceptors (Lipinski definition) is 6. The first kappa shape index (κ1) is 23.8. The van der Waals surface area contributed by atoms with Crippen LogP contribution in [0.2, 0.25) is 0 Å². The molecule has 0 aliphatic carbocycles. The van der Waals surface area contributed by atoms with Gasteiger partial charge in [0.15, 0.2) is 0 Å². The topological polar surface area (TPSA) is 57.9 Å². The van der Waals surface area contributed by atoms with Crippen molar-refractivity contribution in [3.05, 3.63) is 81.1 Å². The van der Waals surface area contributed by atoms with Gasteiger partial charge in [-0.25, -0.2) is 4.98 Å². The van der Waals surface area contributed by atoms with E-state index in [0.717, 1.165) is 25.1 Å². The van der Waals surface area contributed by atoms with Gasteiger partial charge < -0.3 is 4.90 Å². The van der Waals surface area contributed by atoms with Crippen LogP contribution >= 0.6 is 24.0 Å². The lowest BCUT2D eigenvalue weighted by Gasteiger charge is -2.36. The minimum Gasteiger partial charge on any atom is -0.355 e. The zero-order valence-electron chi connectivity index (χ0n) is 20.0. The third-order valence-electron chi connectivity index (χ3n) is 6.69. The van der Waals surface area contributed by atoms with Gasteiger partial charge in [-0.2, -0.15) is 0 Å². The van der Waals surface area contributed by atoms with Crippen molar-refractivity contribution in [2.45, 2.75) is 33.2 Å². The molecular weight excluding hydrogens is 476 g/mol. The molecule has 0 unspecified atom stereocenters. The molecular formula is C27H28N4O2S2. The Morgan fingerprint density at radius 2 is 1.74 bits per heavy atom. The first-order valence-electron chi connectivity index (χ1n) is 11.9. The number of rotatable bonds is 4. The number of amides is 1. The molecule has 2 aliphatic rings. The van der Waals surface area contributed by atoms with Crippen LogP contribution in [0.15, 0.2) is 64.4 Å². The number of benzene rings is 1. The first-order chi connectivity index (χ1) is 16.8. The summed E-state index contributed by atoms with van der Waals surface area (Å²) >= 11 is 6.85. The monoisotopic (exact) mass is 504 g/mol. The third-order valence-corrected chi connectivity index (χ3v) is 8.02. The lowest BCUT2D eigenvalue weighted by molar-refractivity contribution is -0.123. The number of aromatic nitrogens is 2. The van der Waals surface area contributed by atoms with E-state index in [1.165, 1.54) is 11.8 Å². The van der Waals surface area contributed by atoms with Crippen LogP contribution in [0.4, 0.5) is 5.82 Å². The molecule has 6 nitrogen and oxygen atoms in total. The fourth-order valence-corrected chi connectivity index (χ4v) is 6.52. The van der Waals surface area contributed by atoms with E-state index in [0.29, 0.717) is 38.1 Å². The van der Waals surface area contributed by atoms with Crippen LogP contribution in [0.25, 0.3) is 11.7 Å². The normalized spacial score (nSPS) is 22.9. The number of thioether (sulfide) groups is 1. The Morgan fingerprint density at radius 3 is 2.46 bits per heavy atom. The maximum atomic E-state index is 13.7. The van der Waals surface area contributed by atoms with Gasteiger partial charge in [-0.15, -0.1) is 0 Å². The van der Waals surface area contributed by atoms with Crippen LogP contribution in [0.1, 0.15) is 44.4 Å². The van der Waals surface area contributed by atoms with E-state index in [2.05, 4.69) is 18.7 Å². The summed E-state index contributed by atoms with van der Waals surface area (Å²) in [5, 5.41) is 0. The minimum atomic E-state index is -0.200. The number of carbonyl (C=O) groups excluding carboxylic acids is 1. The number of fused-ring (bicyclic) bond motifs is 1. The van der Waals surface area contributed by atoms with Crippen LogP contribution in [-0.4, -0.2) is 37.6 Å². The molecule has 0 N–H and O–H groups in total. The van der Waals surface area contributed by atoms with Crippen LogP contribution in [0.3, 0.4) is 0 Å². The summed E-state index contributed by atoms with van der Waals surface area (Å²) in [5.41, 5.74) is 1.86. The van der Waals surface area contributed by atoms with E-state index >= 15 is 0 Å². The van der Waals surface area contributed by atoms with E-state index in [-0.39, 0.29) is 17.5 Å². The van der Waals surface area contributed by atoms with E-state index in [1.807, 2.05) is 55.5 Å². The quantitative estimate of drug-likeness (QED) is 0.362. The minimum absolute atomic E-state index is 0.180. The number of pyridine rings is 1. The van der Waals surface area contributed by atoms with Crippen molar-refractivity contribution in [2.24, 2.45) is 11.8 Å². The molecule has 0 saturated carbocycles. The molecule has 4 heterocycles. The Balaban J connectivity index is 1.59. The molecule has 180 valence electrons. The summed E-state index contributed by atoms with van der Waals surface area (Å²) < 4.78 is 2.03. The highest BCUT2D eigenvalue weighted by Gasteiger charge is 2.37. The Morgan fingerprint density at radius 1 is 1.06 bits per heavy atom. The molecule has 1 aromatic carbocycles. The summed E-state index contributed by atoms with van der Waals surface area (Å²) in [6, 6.07) is 15.2. The Kier molecular flexibility index (Phi) is 6.51. The van der Waals surface area contributed by atoms with E-state index in [9.17, 15) is 9.59 Å². The van der Waals surface area contributed by atoms with E-state index < -0.39 is 0 Å². The van der Waals surface area contributed by atoms with Crippen molar-refractivity contribution in [3.63, 3.8) is 0 Å². The van der Waals surface area contributed by atoms with Gasteiger partial charge in [-0.3, -0.25) is 18.9 Å². The van der Waals surface area contributed by atoms with Crippen molar-refractivity contribution in [2.75, 3.05) is 18.0 Å². The molecule has 35 heavy (non-hydrogen) atoms. The second-order valence-corrected chi connectivity index (χ2v) is 11.2. The van der Waals surface area contributed by atoms with Crippen molar-refractivity contribution in [1.29, 1.82) is 0 Å². The number of nitrogens with zero attached hydrogens (tertiary/aromatic N) is 4. The third kappa shape index (κ3) is 4.52. The fourth-order valence-electron chi connectivity index (χ4n) is 5.12. The average molecular weight is 505 g/mol. The molecule has 5 rings (SSSR count). The first-order valence-corrected chi connectivity index (χ1v) is 13.1. The Bertz CT molecular complexity index is 1370. The number of hydrogen-bond donors (Lipinski definition) is 0. The molecule has 8 heteroatoms. The molecule has 1 amide bonds. The molecule has 2 aliphatic heterocycles. The van der Waals surface area contributed by atoms with Gasteiger partial charge in [0.05, 0.1) is 16.5 Å². The summed E-state index contributed by atoms with van der Waals surface area (Å²) in [5.74, 6) is 1.45. The second kappa shape index (κ2) is 9.59. The zero-order chi connectivity index (χ0) is 24.7. The molecule has 3 aromatic rings. The summed E-state index contributed by atoms with van der Waals surface area (Å²) in [6.45, 7) is 8.08. The van der Waals surface area contributed by atoms with Crippen molar-refractivity contribution in [1.82, 2.24) is 14.3 Å². The molecule has 0 spiro atoms. The van der Waals surface area contributed by atoms with Crippen molar-refractivity contribution < 1.29 is 4.79 Å². The highest BCUT2D eigenvalue weighted by molar-refractivity contribution is 8.26. The van der Waals surface area contributed by atoms with Gasteiger partial charge in [-0.05, 0) is 49.0 Å². The number of carbonyl (C=O) groups is 1. The van der Waals surface area contributed by atoms with E-state index in [4.69, 9.17) is 17.2 Å². The maximum absolute atomic E-state index is 13.7. The standard InChI is InChI=1S/C27H28N4O2S2/c1-17-13-18(2)16-29(15-17)24-21(25(32)30-12-8-7-11-23(30)28-24)14-22-26(33)31(27(34)35-22)19(3)20-9-5-4-6-10-20/h4-12,14,17-19H,13,15-16H2,1-3H3/b22-14+/t17-,18+,19-/m1/s1. The fraction of sp³-hybridized carbons (Fsp3) is 0.333. The second-order valence-electron chi connectivity index (χ2n) is 9.57. The van der Waals surface area contributed by atoms with Crippen LogP contribution in [0.5, 0.6) is 0 Å². The smallest absolute Gasteiger partial charge is 0.267 e. The van der Waals surface area contributed by atoms with Gasteiger partial charge >= 0.3 is 0 Å².